The minimum atomic E-state index is -1.29. The van der Waals surface area contributed by atoms with Crippen molar-refractivity contribution in [2.75, 3.05) is 22.9 Å². The second-order valence-corrected chi connectivity index (χ2v) is 11.2. The predicted molar refractivity (Wildman–Crippen MR) is 173 cm³/mol. The molecular formula is C38H36N2O4-2. The van der Waals surface area contributed by atoms with Crippen molar-refractivity contribution in [2.45, 2.75) is 37.9 Å². The average Bonchev–Trinajstić information content (AvgIpc) is 3.05. The molecule has 0 saturated heterocycles. The summed E-state index contributed by atoms with van der Waals surface area (Å²) in [6.45, 7) is 5.63. The zero-order valence-corrected chi connectivity index (χ0v) is 24.9. The monoisotopic (exact) mass is 584 g/mol. The van der Waals surface area contributed by atoms with Gasteiger partial charge in [0.2, 0.25) is 0 Å². The van der Waals surface area contributed by atoms with Gasteiger partial charge >= 0.3 is 0 Å². The Balaban J connectivity index is 1.33. The first kappa shape index (κ1) is 29.3. The third kappa shape index (κ3) is 5.27. The average molecular weight is 585 g/mol. The summed E-state index contributed by atoms with van der Waals surface area (Å²) in [5.74, 6) is -1.93. The second-order valence-electron chi connectivity index (χ2n) is 11.2. The maximum atomic E-state index is 13.5. The van der Waals surface area contributed by atoms with Crippen molar-refractivity contribution in [2.24, 2.45) is 0 Å². The summed E-state index contributed by atoms with van der Waals surface area (Å²) in [5, 5.41) is 49.1. The van der Waals surface area contributed by atoms with Gasteiger partial charge in [-0.3, -0.25) is 0 Å². The van der Waals surface area contributed by atoms with Crippen LogP contribution < -0.4 is 20.0 Å². The van der Waals surface area contributed by atoms with Gasteiger partial charge in [0.1, 0.15) is 11.5 Å². The first-order valence-electron chi connectivity index (χ1n) is 15.1. The van der Waals surface area contributed by atoms with Crippen molar-refractivity contribution >= 4 is 22.7 Å². The summed E-state index contributed by atoms with van der Waals surface area (Å²) in [4.78, 5) is 4.15. The third-order valence-corrected chi connectivity index (χ3v) is 8.79. The number of para-hydroxylation sites is 2. The molecule has 5 aromatic rings. The lowest BCUT2D eigenvalue weighted by Crippen LogP contribution is -2.63. The van der Waals surface area contributed by atoms with Crippen LogP contribution in [0.3, 0.4) is 0 Å². The van der Waals surface area contributed by atoms with E-state index >= 15 is 0 Å². The number of hydrogen-bond donors (Lipinski definition) is 2. The van der Waals surface area contributed by atoms with Gasteiger partial charge in [0, 0.05) is 47.8 Å². The molecule has 2 N–H and O–H groups in total. The van der Waals surface area contributed by atoms with Crippen molar-refractivity contribution in [3.8, 4) is 22.6 Å². The van der Waals surface area contributed by atoms with Gasteiger partial charge in [-0.2, -0.15) is 0 Å². The zero-order valence-electron chi connectivity index (χ0n) is 24.9. The molecule has 6 heteroatoms. The van der Waals surface area contributed by atoms with Gasteiger partial charge in [0.25, 0.3) is 0 Å². The Bertz CT molecular complexity index is 1710. The van der Waals surface area contributed by atoms with E-state index in [9.17, 15) is 20.4 Å². The summed E-state index contributed by atoms with van der Waals surface area (Å²) >= 11 is 0. The number of phenolic OH excluding ortho intramolecular Hbond substituents is 2. The van der Waals surface area contributed by atoms with Crippen LogP contribution >= 0.6 is 0 Å². The number of rotatable bonds is 9. The summed E-state index contributed by atoms with van der Waals surface area (Å²) in [5.41, 5.74) is 6.17. The maximum absolute atomic E-state index is 13.5. The lowest BCUT2D eigenvalue weighted by atomic mass is 9.63. The first-order chi connectivity index (χ1) is 21.4. The van der Waals surface area contributed by atoms with E-state index < -0.39 is 24.0 Å². The van der Waals surface area contributed by atoms with Crippen LogP contribution in [0, 0.1) is 0 Å². The molecule has 1 aliphatic carbocycles. The van der Waals surface area contributed by atoms with Gasteiger partial charge in [0.15, 0.2) is 0 Å². The van der Waals surface area contributed by atoms with Crippen LogP contribution in [0.25, 0.3) is 11.1 Å². The molecule has 2 unspecified atom stereocenters. The van der Waals surface area contributed by atoms with E-state index in [1.54, 1.807) is 24.3 Å². The second kappa shape index (κ2) is 12.4. The highest BCUT2D eigenvalue weighted by Gasteiger charge is 2.41. The largest absolute Gasteiger partial charge is 0.851 e. The molecule has 0 heterocycles. The number of anilines is 4. The normalized spacial score (nSPS) is 19.3. The van der Waals surface area contributed by atoms with E-state index in [0.717, 1.165) is 41.3 Å². The molecule has 2 atom stereocenters. The molecule has 6 rings (SSSR count). The van der Waals surface area contributed by atoms with Crippen LogP contribution in [0.5, 0.6) is 11.5 Å². The van der Waals surface area contributed by atoms with E-state index in [1.165, 1.54) is 0 Å². The quantitative estimate of drug-likeness (QED) is 0.208. The van der Waals surface area contributed by atoms with Crippen LogP contribution in [0.1, 0.15) is 36.8 Å². The fourth-order valence-corrected chi connectivity index (χ4v) is 6.47. The molecule has 1 saturated carbocycles. The van der Waals surface area contributed by atoms with E-state index in [1.807, 2.05) is 92.7 Å². The zero-order chi connectivity index (χ0) is 30.8. The minimum absolute atomic E-state index is 0.0327. The third-order valence-electron chi connectivity index (χ3n) is 8.79. The molecule has 0 spiro atoms. The van der Waals surface area contributed by atoms with Crippen molar-refractivity contribution in [3.05, 3.63) is 132 Å². The van der Waals surface area contributed by atoms with Crippen molar-refractivity contribution < 1.29 is 20.4 Å². The smallest absolute Gasteiger partial charge is 0.121 e. The van der Waals surface area contributed by atoms with Gasteiger partial charge in [-0.1, -0.05) is 78.9 Å². The number of hydrogen-bond acceptors (Lipinski definition) is 6. The highest BCUT2D eigenvalue weighted by Crippen LogP contribution is 2.51. The highest BCUT2D eigenvalue weighted by atomic mass is 16.3. The Hall–Kier alpha value is -4.78. The Morgan fingerprint density at radius 1 is 0.568 bits per heavy atom. The van der Waals surface area contributed by atoms with Crippen LogP contribution in [-0.2, 0) is 0 Å². The highest BCUT2D eigenvalue weighted by molar-refractivity contribution is 5.88. The Labute approximate surface area is 258 Å². The van der Waals surface area contributed by atoms with Gasteiger partial charge in [-0.15, -0.1) is 12.2 Å². The van der Waals surface area contributed by atoms with Crippen molar-refractivity contribution in [1.82, 2.24) is 0 Å². The van der Waals surface area contributed by atoms with E-state index in [4.69, 9.17) is 0 Å². The van der Waals surface area contributed by atoms with Crippen LogP contribution in [0.2, 0.25) is 0 Å². The maximum Gasteiger partial charge on any atom is 0.121 e. The number of aromatic hydroxyl groups is 2. The molecule has 224 valence electrons. The molecule has 1 aliphatic rings. The van der Waals surface area contributed by atoms with Gasteiger partial charge in [-0.05, 0) is 72.7 Å². The fraction of sp³-hybridized carbons (Fsp3) is 0.211. The lowest BCUT2D eigenvalue weighted by molar-refractivity contribution is -0.536. The van der Waals surface area contributed by atoms with Gasteiger partial charge in [0.05, 0.1) is 5.69 Å². The summed E-state index contributed by atoms with van der Waals surface area (Å²) in [7, 11) is 0. The molecule has 0 aliphatic heterocycles. The van der Waals surface area contributed by atoms with Gasteiger partial charge in [-0.25, -0.2) is 0 Å². The summed E-state index contributed by atoms with van der Waals surface area (Å²) < 4.78 is 0. The van der Waals surface area contributed by atoms with Gasteiger partial charge < -0.3 is 30.2 Å². The minimum Gasteiger partial charge on any atom is -0.851 e. The Kier molecular flexibility index (Phi) is 8.29. The molecule has 1 fully saturated rings. The predicted octanol–water partition coefficient (Wildman–Crippen LogP) is 6.42. The van der Waals surface area contributed by atoms with Crippen molar-refractivity contribution in [3.63, 3.8) is 0 Å². The van der Waals surface area contributed by atoms with E-state index in [-0.39, 0.29) is 11.5 Å². The summed E-state index contributed by atoms with van der Waals surface area (Å²) in [6, 6.07) is 38.5. The molecule has 0 bridgehead atoms. The van der Waals surface area contributed by atoms with Crippen LogP contribution in [0.4, 0.5) is 22.7 Å². The number of nitrogens with zero attached hydrogens (tertiary/aromatic N) is 2. The topological polar surface area (TPSA) is 93.1 Å². The van der Waals surface area contributed by atoms with Crippen molar-refractivity contribution in [1.29, 1.82) is 0 Å². The molecule has 0 radical (unpaired) electrons. The molecular weight excluding hydrogens is 548 g/mol. The standard InChI is InChI=1S/C38H36N2O4/c1-3-39(4-2)27-19-21-30(33(41)23-27)35-37(43)36(38(35)44)31-22-20-28(24-34(31)42)40(26-15-9-6-10-16-26)32-18-12-11-17-29(32)25-13-7-5-8-14-25/h5-24,35-38,41-42H,3-4H2,1-2H3/q-2. The molecule has 5 aromatic carbocycles. The first-order valence-corrected chi connectivity index (χ1v) is 15.1. The number of benzene rings is 5. The molecule has 44 heavy (non-hydrogen) atoms. The fourth-order valence-electron chi connectivity index (χ4n) is 6.47. The summed E-state index contributed by atoms with van der Waals surface area (Å²) in [6.07, 6.45) is -2.58. The molecule has 0 amide bonds. The Morgan fingerprint density at radius 2 is 1.07 bits per heavy atom. The van der Waals surface area contributed by atoms with E-state index in [0.29, 0.717) is 16.8 Å². The van der Waals surface area contributed by atoms with Crippen LogP contribution in [-0.4, -0.2) is 35.5 Å². The number of phenols is 2. The SMILES string of the molecule is CCN(CC)c1ccc(C2C([O-])C(c3ccc(N(c4ccccc4)c4ccccc4-c4ccccc4)cc3O)C2[O-])c(O)c1. The van der Waals surface area contributed by atoms with Crippen LogP contribution in [0.15, 0.2) is 121 Å². The molecule has 6 nitrogen and oxygen atoms in total. The lowest BCUT2D eigenvalue weighted by Gasteiger charge is -2.61. The Morgan fingerprint density at radius 3 is 1.64 bits per heavy atom. The van der Waals surface area contributed by atoms with E-state index in [2.05, 4.69) is 28.0 Å². The molecule has 0 aromatic heterocycles.